The number of morpholine rings is 1. The lowest BCUT2D eigenvalue weighted by atomic mass is 9.97. The third-order valence-corrected chi connectivity index (χ3v) is 4.11. The summed E-state index contributed by atoms with van der Waals surface area (Å²) in [6.07, 6.45) is 2.57. The normalized spacial score (nSPS) is 20.9. The molecule has 24 heavy (non-hydrogen) atoms. The third kappa shape index (κ3) is 3.16. The smallest absolute Gasteiger partial charge is 0.256 e. The number of likely N-dealkylation sites (N-methyl/N-ethyl adjacent to an activating group) is 1. The number of amides is 2. The summed E-state index contributed by atoms with van der Waals surface area (Å²) < 4.78 is 7.29. The number of hydrogen-bond acceptors (Lipinski definition) is 4. The van der Waals surface area contributed by atoms with Crippen LogP contribution in [0.3, 0.4) is 0 Å². The van der Waals surface area contributed by atoms with Crippen molar-refractivity contribution in [1.82, 2.24) is 14.7 Å². The second-order valence-electron chi connectivity index (χ2n) is 5.67. The van der Waals surface area contributed by atoms with E-state index in [1.807, 2.05) is 37.3 Å². The lowest BCUT2D eigenvalue weighted by molar-refractivity contribution is -0.160. The van der Waals surface area contributed by atoms with Crippen molar-refractivity contribution < 1.29 is 14.3 Å². The van der Waals surface area contributed by atoms with Gasteiger partial charge in [0.1, 0.15) is 6.61 Å². The van der Waals surface area contributed by atoms with Crippen LogP contribution >= 0.6 is 0 Å². The predicted octanol–water partition coefficient (Wildman–Crippen LogP) is 1.44. The van der Waals surface area contributed by atoms with Gasteiger partial charge in [-0.3, -0.25) is 14.3 Å². The second-order valence-corrected chi connectivity index (χ2v) is 5.67. The minimum atomic E-state index is -0.778. The Bertz CT molecular complexity index is 728. The third-order valence-electron chi connectivity index (χ3n) is 4.11. The van der Waals surface area contributed by atoms with E-state index in [2.05, 4.69) is 10.4 Å². The minimum Gasteiger partial charge on any atom is -0.356 e. The highest BCUT2D eigenvalue weighted by Gasteiger charge is 2.40. The summed E-state index contributed by atoms with van der Waals surface area (Å²) >= 11 is 0. The van der Waals surface area contributed by atoms with Gasteiger partial charge < -0.3 is 15.0 Å². The van der Waals surface area contributed by atoms with Gasteiger partial charge in [0.2, 0.25) is 5.91 Å². The highest BCUT2D eigenvalue weighted by Crippen LogP contribution is 2.29. The van der Waals surface area contributed by atoms with Crippen LogP contribution in [-0.4, -0.2) is 46.3 Å². The first-order valence-corrected chi connectivity index (χ1v) is 7.85. The van der Waals surface area contributed by atoms with E-state index in [1.165, 1.54) is 0 Å². The van der Waals surface area contributed by atoms with Crippen molar-refractivity contribution in [2.75, 3.05) is 19.0 Å². The number of aryl methyl sites for hydroxylation is 1. The van der Waals surface area contributed by atoms with Crippen LogP contribution in [0.1, 0.15) is 18.5 Å². The molecular formula is C17H20N4O3. The molecule has 7 nitrogen and oxygen atoms in total. The number of nitrogens with zero attached hydrogens (tertiary/aromatic N) is 3. The Kier molecular flexibility index (Phi) is 4.61. The van der Waals surface area contributed by atoms with Crippen LogP contribution < -0.4 is 5.32 Å². The van der Waals surface area contributed by atoms with Gasteiger partial charge >= 0.3 is 0 Å². The first-order valence-electron chi connectivity index (χ1n) is 7.85. The maximum Gasteiger partial charge on any atom is 0.256 e. The fraction of sp³-hybridized carbons (Fsp3) is 0.353. The fourth-order valence-corrected chi connectivity index (χ4v) is 2.79. The quantitative estimate of drug-likeness (QED) is 0.921. The lowest BCUT2D eigenvalue weighted by Gasteiger charge is -2.38. The summed E-state index contributed by atoms with van der Waals surface area (Å²) in [6.45, 7) is 2.58. The highest BCUT2D eigenvalue weighted by atomic mass is 16.5. The standard InChI is InChI=1S/C17H20N4O3/c1-3-21-10-13(9-18-21)19-17(23)16-15(12-7-5-4-6-8-12)20(2)14(22)11-24-16/h4-10,15-16H,3,11H2,1-2H3,(H,19,23)/t15-,16-/m1/s1. The van der Waals surface area contributed by atoms with Crippen LogP contribution in [0.25, 0.3) is 0 Å². The van der Waals surface area contributed by atoms with Crippen molar-refractivity contribution in [2.45, 2.75) is 25.6 Å². The zero-order chi connectivity index (χ0) is 17.1. The lowest BCUT2D eigenvalue weighted by Crippen LogP contribution is -2.51. The summed E-state index contributed by atoms with van der Waals surface area (Å²) in [5, 5.41) is 6.95. The Balaban J connectivity index is 1.83. The number of rotatable bonds is 4. The zero-order valence-corrected chi connectivity index (χ0v) is 13.7. The Hall–Kier alpha value is -2.67. The molecule has 2 amide bonds. The molecule has 0 aliphatic carbocycles. The van der Waals surface area contributed by atoms with Crippen LogP contribution in [0.5, 0.6) is 0 Å². The molecule has 2 aromatic rings. The van der Waals surface area contributed by atoms with E-state index in [-0.39, 0.29) is 18.4 Å². The number of anilines is 1. The predicted molar refractivity (Wildman–Crippen MR) is 88.2 cm³/mol. The Morgan fingerprint density at radius 2 is 2.12 bits per heavy atom. The molecule has 0 radical (unpaired) electrons. The maximum absolute atomic E-state index is 12.7. The number of benzene rings is 1. The van der Waals surface area contributed by atoms with Crippen molar-refractivity contribution in [3.05, 3.63) is 48.3 Å². The largest absolute Gasteiger partial charge is 0.356 e. The number of hydrogen-bond donors (Lipinski definition) is 1. The van der Waals surface area contributed by atoms with Crippen LogP contribution in [0, 0.1) is 0 Å². The Morgan fingerprint density at radius 1 is 1.38 bits per heavy atom. The molecule has 1 fully saturated rings. The number of nitrogens with one attached hydrogen (secondary N) is 1. The molecule has 0 unspecified atom stereocenters. The van der Waals surface area contributed by atoms with E-state index >= 15 is 0 Å². The van der Waals surface area contributed by atoms with Gasteiger partial charge in [-0.15, -0.1) is 0 Å². The van der Waals surface area contributed by atoms with Crippen molar-refractivity contribution in [1.29, 1.82) is 0 Å². The molecule has 1 aromatic heterocycles. The molecule has 0 saturated carbocycles. The Labute approximate surface area is 140 Å². The fourth-order valence-electron chi connectivity index (χ4n) is 2.79. The number of ether oxygens (including phenoxy) is 1. The van der Waals surface area contributed by atoms with E-state index < -0.39 is 12.1 Å². The average molecular weight is 328 g/mol. The van der Waals surface area contributed by atoms with Gasteiger partial charge in [-0.1, -0.05) is 30.3 Å². The molecule has 1 aliphatic rings. The monoisotopic (exact) mass is 328 g/mol. The molecule has 3 rings (SSSR count). The van der Waals surface area contributed by atoms with E-state index in [0.717, 1.165) is 12.1 Å². The summed E-state index contributed by atoms with van der Waals surface area (Å²) in [7, 11) is 1.69. The SMILES string of the molecule is CCn1cc(NC(=O)[C@@H]2OCC(=O)N(C)[C@@H]2c2ccccc2)cn1. The topological polar surface area (TPSA) is 76.5 Å². The molecule has 7 heteroatoms. The van der Waals surface area contributed by atoms with Gasteiger partial charge in [-0.05, 0) is 12.5 Å². The van der Waals surface area contributed by atoms with E-state index in [9.17, 15) is 9.59 Å². The van der Waals surface area contributed by atoms with E-state index in [1.54, 1.807) is 29.0 Å². The van der Waals surface area contributed by atoms with E-state index in [0.29, 0.717) is 5.69 Å². The molecule has 1 aliphatic heterocycles. The molecule has 0 bridgehead atoms. The molecule has 2 heterocycles. The molecule has 126 valence electrons. The second kappa shape index (κ2) is 6.84. The van der Waals surface area contributed by atoms with Gasteiger partial charge in [0.25, 0.3) is 5.91 Å². The summed E-state index contributed by atoms with van der Waals surface area (Å²) in [5.41, 5.74) is 1.47. The van der Waals surface area contributed by atoms with Gasteiger partial charge in [0, 0.05) is 19.8 Å². The molecule has 1 aromatic carbocycles. The van der Waals surface area contributed by atoms with Crippen molar-refractivity contribution in [3.63, 3.8) is 0 Å². The van der Waals surface area contributed by atoms with Crippen molar-refractivity contribution in [3.8, 4) is 0 Å². The minimum absolute atomic E-state index is 0.105. The van der Waals surface area contributed by atoms with Gasteiger partial charge in [-0.2, -0.15) is 5.10 Å². The highest BCUT2D eigenvalue weighted by molar-refractivity contribution is 5.96. The molecular weight excluding hydrogens is 308 g/mol. The van der Waals surface area contributed by atoms with E-state index in [4.69, 9.17) is 4.74 Å². The van der Waals surface area contributed by atoms with Crippen molar-refractivity contribution >= 4 is 17.5 Å². The average Bonchev–Trinajstić information content (AvgIpc) is 3.05. The molecule has 0 spiro atoms. The number of aromatic nitrogens is 2. The van der Waals surface area contributed by atoms with Crippen molar-refractivity contribution in [2.24, 2.45) is 0 Å². The van der Waals surface area contributed by atoms with Crippen LogP contribution in [0.15, 0.2) is 42.7 Å². The summed E-state index contributed by atoms with van der Waals surface area (Å²) in [5.74, 6) is -0.439. The molecule has 2 atom stereocenters. The number of carbonyl (C=O) groups is 2. The number of carbonyl (C=O) groups excluding carboxylic acids is 2. The van der Waals surface area contributed by atoms with Crippen LogP contribution in [-0.2, 0) is 20.9 Å². The van der Waals surface area contributed by atoms with Gasteiger partial charge in [0.05, 0.1) is 17.9 Å². The maximum atomic E-state index is 12.7. The van der Waals surface area contributed by atoms with Gasteiger partial charge in [0.15, 0.2) is 6.10 Å². The van der Waals surface area contributed by atoms with Gasteiger partial charge in [-0.25, -0.2) is 0 Å². The first kappa shape index (κ1) is 16.2. The summed E-state index contributed by atoms with van der Waals surface area (Å²) in [6, 6.07) is 8.96. The van der Waals surface area contributed by atoms with Crippen LogP contribution in [0.4, 0.5) is 5.69 Å². The summed E-state index contributed by atoms with van der Waals surface area (Å²) in [4.78, 5) is 26.3. The first-order chi connectivity index (χ1) is 11.6. The molecule has 1 N–H and O–H groups in total. The Morgan fingerprint density at radius 3 is 2.79 bits per heavy atom. The zero-order valence-electron chi connectivity index (χ0n) is 13.7. The molecule has 1 saturated heterocycles. The van der Waals surface area contributed by atoms with Crippen LogP contribution in [0.2, 0.25) is 0 Å².